The Kier molecular flexibility index (Phi) is 5.95. The molecule has 0 atom stereocenters. The Bertz CT molecular complexity index is 806. The highest BCUT2D eigenvalue weighted by atomic mass is 16.3. The third-order valence-corrected chi connectivity index (χ3v) is 3.96. The molecule has 0 aliphatic carbocycles. The number of para-hydroxylation sites is 1. The van der Waals surface area contributed by atoms with E-state index < -0.39 is 0 Å². The van der Waals surface area contributed by atoms with E-state index in [4.69, 9.17) is 5.11 Å². The zero-order valence-electron chi connectivity index (χ0n) is 15.5. The molecule has 0 bridgehead atoms. The Labute approximate surface area is 148 Å². The lowest BCUT2D eigenvalue weighted by Crippen LogP contribution is -2.41. The molecule has 0 fully saturated rings. The van der Waals surface area contributed by atoms with E-state index in [-0.39, 0.29) is 30.0 Å². The molecule has 1 heterocycles. The topological polar surface area (TPSA) is 75.4 Å². The van der Waals surface area contributed by atoms with Crippen molar-refractivity contribution in [2.24, 2.45) is 5.41 Å². The van der Waals surface area contributed by atoms with Gasteiger partial charge in [0, 0.05) is 19.7 Å². The number of amides is 1. The molecule has 0 radical (unpaired) electrons. The lowest BCUT2D eigenvalue weighted by molar-refractivity contribution is -0.133. The van der Waals surface area contributed by atoms with Gasteiger partial charge in [0.15, 0.2) is 0 Å². The van der Waals surface area contributed by atoms with Gasteiger partial charge < -0.3 is 10.0 Å². The Morgan fingerprint density at radius 2 is 2.04 bits per heavy atom. The summed E-state index contributed by atoms with van der Waals surface area (Å²) in [6.45, 7) is 9.10. The van der Waals surface area contributed by atoms with Crippen LogP contribution in [-0.2, 0) is 11.3 Å². The number of hydrogen-bond donors (Lipinski definition) is 1. The van der Waals surface area contributed by atoms with Gasteiger partial charge in [-0.15, -0.1) is 0 Å². The minimum absolute atomic E-state index is 0.0324. The Hall–Kier alpha value is -2.21. The molecule has 1 N–H and O–H groups in total. The summed E-state index contributed by atoms with van der Waals surface area (Å²) < 4.78 is 1.36. The minimum atomic E-state index is -0.208. The maximum absolute atomic E-state index is 12.7. The second kappa shape index (κ2) is 7.78. The van der Waals surface area contributed by atoms with Gasteiger partial charge in [-0.2, -0.15) is 0 Å². The smallest absolute Gasteiger partial charge is 0.261 e. The first-order valence-electron chi connectivity index (χ1n) is 8.56. The zero-order valence-corrected chi connectivity index (χ0v) is 15.5. The molecule has 2 rings (SSSR count). The molecule has 6 heteroatoms. The van der Waals surface area contributed by atoms with Gasteiger partial charge in [0.2, 0.25) is 5.91 Å². The minimum Gasteiger partial charge on any atom is -0.396 e. The van der Waals surface area contributed by atoms with Gasteiger partial charge in [0.1, 0.15) is 6.54 Å². The van der Waals surface area contributed by atoms with Gasteiger partial charge in [-0.05, 0) is 30.4 Å². The first-order chi connectivity index (χ1) is 11.7. The van der Waals surface area contributed by atoms with Crippen molar-refractivity contribution in [3.8, 4) is 0 Å². The van der Waals surface area contributed by atoms with Crippen molar-refractivity contribution in [2.45, 2.75) is 40.7 Å². The van der Waals surface area contributed by atoms with Crippen LogP contribution in [0.5, 0.6) is 0 Å². The standard InChI is InChI=1S/C19H27N3O3/c1-14-7-5-8-15-17(14)20-13-22(18(15)25)11-16(24)21(9-6-10-23)12-19(2,3)4/h5,7-8,13,23H,6,9-12H2,1-4H3. The Morgan fingerprint density at radius 3 is 2.68 bits per heavy atom. The van der Waals surface area contributed by atoms with Crippen molar-refractivity contribution in [3.63, 3.8) is 0 Å². The number of carbonyl (C=O) groups excluding carboxylic acids is 1. The zero-order chi connectivity index (χ0) is 18.6. The van der Waals surface area contributed by atoms with Crippen molar-refractivity contribution in [1.29, 1.82) is 0 Å². The molecular formula is C19H27N3O3. The van der Waals surface area contributed by atoms with Crippen LogP contribution in [0, 0.1) is 12.3 Å². The average molecular weight is 345 g/mol. The van der Waals surface area contributed by atoms with E-state index >= 15 is 0 Å². The van der Waals surface area contributed by atoms with Crippen molar-refractivity contribution in [3.05, 3.63) is 40.4 Å². The molecule has 0 aliphatic rings. The SMILES string of the molecule is Cc1cccc2c(=O)n(CC(=O)N(CCCO)CC(C)(C)C)cnc12. The summed E-state index contributed by atoms with van der Waals surface area (Å²) in [6.07, 6.45) is 1.96. The molecule has 0 unspecified atom stereocenters. The molecular weight excluding hydrogens is 318 g/mol. The van der Waals surface area contributed by atoms with E-state index in [0.717, 1.165) is 5.56 Å². The number of aliphatic hydroxyl groups excluding tert-OH is 1. The van der Waals surface area contributed by atoms with Gasteiger partial charge in [-0.25, -0.2) is 4.98 Å². The van der Waals surface area contributed by atoms with Crippen LogP contribution in [-0.4, -0.2) is 45.2 Å². The number of aromatic nitrogens is 2. The molecule has 136 valence electrons. The van der Waals surface area contributed by atoms with Crippen LogP contribution in [0.1, 0.15) is 32.8 Å². The van der Waals surface area contributed by atoms with Crippen LogP contribution in [0.4, 0.5) is 0 Å². The predicted molar refractivity (Wildman–Crippen MR) is 98.5 cm³/mol. The van der Waals surface area contributed by atoms with Crippen LogP contribution in [0.25, 0.3) is 10.9 Å². The quantitative estimate of drug-likeness (QED) is 0.868. The molecule has 1 aromatic heterocycles. The highest BCUT2D eigenvalue weighted by molar-refractivity contribution is 5.81. The summed E-state index contributed by atoms with van der Waals surface area (Å²) in [5.74, 6) is -0.140. The first-order valence-corrected chi connectivity index (χ1v) is 8.56. The van der Waals surface area contributed by atoms with E-state index in [1.165, 1.54) is 10.9 Å². The molecule has 0 aliphatic heterocycles. The third-order valence-electron chi connectivity index (χ3n) is 3.96. The molecule has 1 amide bonds. The number of aryl methyl sites for hydroxylation is 1. The van der Waals surface area contributed by atoms with Crippen molar-refractivity contribution >= 4 is 16.8 Å². The normalized spacial score (nSPS) is 11.7. The molecule has 0 saturated carbocycles. The van der Waals surface area contributed by atoms with Gasteiger partial charge in [-0.3, -0.25) is 14.2 Å². The molecule has 0 saturated heterocycles. The first kappa shape index (κ1) is 19.1. The van der Waals surface area contributed by atoms with Crippen LogP contribution in [0.15, 0.2) is 29.3 Å². The van der Waals surface area contributed by atoms with Crippen LogP contribution >= 0.6 is 0 Å². The summed E-state index contributed by atoms with van der Waals surface area (Å²) in [5, 5.41) is 9.59. The number of carbonyl (C=O) groups is 1. The monoisotopic (exact) mass is 345 g/mol. The highest BCUT2D eigenvalue weighted by Gasteiger charge is 2.21. The third kappa shape index (κ3) is 4.89. The lowest BCUT2D eigenvalue weighted by atomic mass is 9.96. The second-order valence-corrected chi connectivity index (χ2v) is 7.60. The Balaban J connectivity index is 2.27. The van der Waals surface area contributed by atoms with E-state index in [2.05, 4.69) is 25.8 Å². The fraction of sp³-hybridized carbons (Fsp3) is 0.526. The Morgan fingerprint density at radius 1 is 1.32 bits per heavy atom. The summed E-state index contributed by atoms with van der Waals surface area (Å²) in [6, 6.07) is 5.46. The summed E-state index contributed by atoms with van der Waals surface area (Å²) in [4.78, 5) is 31.4. The second-order valence-electron chi connectivity index (χ2n) is 7.60. The maximum atomic E-state index is 12.7. The van der Waals surface area contributed by atoms with E-state index in [1.54, 1.807) is 11.0 Å². The lowest BCUT2D eigenvalue weighted by Gasteiger charge is -2.30. The van der Waals surface area contributed by atoms with Crippen LogP contribution in [0.3, 0.4) is 0 Å². The van der Waals surface area contributed by atoms with Gasteiger partial charge in [0.05, 0.1) is 17.2 Å². The van der Waals surface area contributed by atoms with Gasteiger partial charge >= 0.3 is 0 Å². The fourth-order valence-electron chi connectivity index (χ4n) is 2.82. The van der Waals surface area contributed by atoms with E-state index in [9.17, 15) is 9.59 Å². The fourth-order valence-corrected chi connectivity index (χ4v) is 2.82. The van der Waals surface area contributed by atoms with Crippen LogP contribution < -0.4 is 5.56 Å². The van der Waals surface area contributed by atoms with Gasteiger partial charge in [-0.1, -0.05) is 32.9 Å². The molecule has 6 nitrogen and oxygen atoms in total. The molecule has 1 aromatic carbocycles. The van der Waals surface area contributed by atoms with Crippen molar-refractivity contribution < 1.29 is 9.90 Å². The molecule has 25 heavy (non-hydrogen) atoms. The number of nitrogens with zero attached hydrogens (tertiary/aromatic N) is 3. The van der Waals surface area contributed by atoms with Crippen molar-refractivity contribution in [2.75, 3.05) is 19.7 Å². The average Bonchev–Trinajstić information content (AvgIpc) is 2.53. The number of fused-ring (bicyclic) bond motifs is 1. The number of aliphatic hydroxyl groups is 1. The summed E-state index contributed by atoms with van der Waals surface area (Å²) in [5.41, 5.74) is 1.34. The molecule has 2 aromatic rings. The summed E-state index contributed by atoms with van der Waals surface area (Å²) >= 11 is 0. The van der Waals surface area contributed by atoms with E-state index in [1.807, 2.05) is 19.1 Å². The largest absolute Gasteiger partial charge is 0.396 e. The summed E-state index contributed by atoms with van der Waals surface area (Å²) in [7, 11) is 0. The van der Waals surface area contributed by atoms with Crippen molar-refractivity contribution in [1.82, 2.24) is 14.5 Å². The number of benzene rings is 1. The molecule has 0 spiro atoms. The number of rotatable bonds is 6. The number of hydrogen-bond acceptors (Lipinski definition) is 4. The van der Waals surface area contributed by atoms with E-state index in [0.29, 0.717) is 30.4 Å². The maximum Gasteiger partial charge on any atom is 0.261 e. The highest BCUT2D eigenvalue weighted by Crippen LogP contribution is 2.16. The predicted octanol–water partition coefficient (Wildman–Crippen LogP) is 1.96. The van der Waals surface area contributed by atoms with Gasteiger partial charge in [0.25, 0.3) is 5.56 Å². The van der Waals surface area contributed by atoms with Crippen LogP contribution in [0.2, 0.25) is 0 Å².